The largest absolute Gasteiger partial charge is 0.481 e. The molecule has 1 unspecified atom stereocenters. The van der Waals surface area contributed by atoms with E-state index in [1.165, 1.54) is 6.92 Å². The Morgan fingerprint density at radius 3 is 2.75 bits per heavy atom. The lowest BCUT2D eigenvalue weighted by Gasteiger charge is -2.08. The van der Waals surface area contributed by atoms with Gasteiger partial charge in [-0.15, -0.1) is 6.42 Å². The molecule has 1 rings (SSSR count). The molecule has 0 spiro atoms. The van der Waals surface area contributed by atoms with Crippen LogP contribution in [0.1, 0.15) is 12.5 Å². The molecular formula is C12H11NO3. The number of nitrogens with one attached hydrogen (secondary N) is 1. The van der Waals surface area contributed by atoms with Crippen molar-refractivity contribution in [3.63, 3.8) is 0 Å². The first-order valence-electron chi connectivity index (χ1n) is 4.65. The van der Waals surface area contributed by atoms with Crippen LogP contribution in [0.2, 0.25) is 0 Å². The van der Waals surface area contributed by atoms with Gasteiger partial charge in [-0.3, -0.25) is 9.59 Å². The van der Waals surface area contributed by atoms with Crippen molar-refractivity contribution < 1.29 is 14.7 Å². The van der Waals surface area contributed by atoms with Crippen LogP contribution in [0.15, 0.2) is 24.3 Å². The van der Waals surface area contributed by atoms with Crippen LogP contribution < -0.4 is 5.32 Å². The predicted octanol–water partition coefficient (Wildman–Crippen LogP) is 1.33. The van der Waals surface area contributed by atoms with Crippen molar-refractivity contribution in [3.8, 4) is 12.3 Å². The zero-order valence-corrected chi connectivity index (χ0v) is 8.73. The van der Waals surface area contributed by atoms with Gasteiger partial charge < -0.3 is 10.4 Å². The summed E-state index contributed by atoms with van der Waals surface area (Å²) in [5.74, 6) is -0.393. The van der Waals surface area contributed by atoms with Crippen molar-refractivity contribution in [1.82, 2.24) is 0 Å². The molecule has 1 atom stereocenters. The standard InChI is InChI=1S/C12H11NO3/c1-3-9-5-4-6-10(7-9)13-11(14)8(2)12(15)16/h1,4-8H,2H3,(H,13,14)(H,15,16). The van der Waals surface area contributed by atoms with Crippen molar-refractivity contribution >= 4 is 17.6 Å². The number of anilines is 1. The van der Waals surface area contributed by atoms with E-state index in [0.29, 0.717) is 11.3 Å². The van der Waals surface area contributed by atoms with Gasteiger partial charge in [-0.25, -0.2) is 0 Å². The molecule has 0 aromatic heterocycles. The molecule has 0 radical (unpaired) electrons. The molecule has 0 heterocycles. The number of benzene rings is 1. The minimum Gasteiger partial charge on any atom is -0.481 e. The number of carbonyl (C=O) groups excluding carboxylic acids is 1. The summed E-state index contributed by atoms with van der Waals surface area (Å²) in [4.78, 5) is 22.0. The fourth-order valence-corrected chi connectivity index (χ4v) is 1.05. The number of carbonyl (C=O) groups is 2. The molecule has 0 aliphatic carbocycles. The van der Waals surface area contributed by atoms with E-state index in [0.717, 1.165) is 0 Å². The second-order valence-corrected chi connectivity index (χ2v) is 3.27. The van der Waals surface area contributed by atoms with Crippen LogP contribution in [-0.2, 0) is 9.59 Å². The number of aliphatic carboxylic acids is 1. The fourth-order valence-electron chi connectivity index (χ4n) is 1.05. The van der Waals surface area contributed by atoms with Crippen molar-refractivity contribution in [2.75, 3.05) is 5.32 Å². The smallest absolute Gasteiger partial charge is 0.315 e. The zero-order chi connectivity index (χ0) is 12.1. The first kappa shape index (κ1) is 11.8. The molecule has 82 valence electrons. The summed E-state index contributed by atoms with van der Waals surface area (Å²) in [5.41, 5.74) is 1.12. The fraction of sp³-hybridized carbons (Fsp3) is 0.167. The number of rotatable bonds is 3. The summed E-state index contributed by atoms with van der Waals surface area (Å²) in [5, 5.41) is 11.1. The molecule has 1 amide bonds. The third kappa shape index (κ3) is 2.85. The molecule has 0 saturated carbocycles. The molecule has 2 N–H and O–H groups in total. The molecule has 0 aliphatic rings. The zero-order valence-electron chi connectivity index (χ0n) is 8.73. The van der Waals surface area contributed by atoms with Gasteiger partial charge in [0, 0.05) is 11.3 Å². The molecule has 0 fully saturated rings. The van der Waals surface area contributed by atoms with Gasteiger partial charge in [0.25, 0.3) is 0 Å². The van der Waals surface area contributed by atoms with E-state index in [1.807, 2.05) is 0 Å². The van der Waals surface area contributed by atoms with Gasteiger partial charge in [0.1, 0.15) is 5.92 Å². The van der Waals surface area contributed by atoms with E-state index in [1.54, 1.807) is 24.3 Å². The molecule has 0 bridgehead atoms. The quantitative estimate of drug-likeness (QED) is 0.593. The van der Waals surface area contributed by atoms with E-state index in [-0.39, 0.29) is 0 Å². The number of carboxylic acid groups (broad SMARTS) is 1. The van der Waals surface area contributed by atoms with Crippen molar-refractivity contribution in [1.29, 1.82) is 0 Å². The number of hydrogen-bond acceptors (Lipinski definition) is 2. The molecule has 16 heavy (non-hydrogen) atoms. The minimum absolute atomic E-state index is 0.494. The predicted molar refractivity (Wildman–Crippen MR) is 59.8 cm³/mol. The van der Waals surface area contributed by atoms with Crippen molar-refractivity contribution in [2.45, 2.75) is 6.92 Å². The minimum atomic E-state index is -1.16. The highest BCUT2D eigenvalue weighted by molar-refractivity contribution is 6.03. The summed E-state index contributed by atoms with van der Waals surface area (Å²) in [6.45, 7) is 1.32. The van der Waals surface area contributed by atoms with E-state index in [4.69, 9.17) is 11.5 Å². The Bertz CT molecular complexity index is 460. The second-order valence-electron chi connectivity index (χ2n) is 3.27. The number of hydrogen-bond donors (Lipinski definition) is 2. The Balaban J connectivity index is 2.78. The summed E-state index contributed by atoms with van der Waals surface area (Å²) in [7, 11) is 0. The third-order valence-corrected chi connectivity index (χ3v) is 2.06. The Hall–Kier alpha value is -2.28. The lowest BCUT2D eigenvalue weighted by atomic mass is 10.1. The Morgan fingerprint density at radius 1 is 1.50 bits per heavy atom. The highest BCUT2D eigenvalue weighted by atomic mass is 16.4. The highest BCUT2D eigenvalue weighted by Crippen LogP contribution is 2.11. The first-order valence-corrected chi connectivity index (χ1v) is 4.65. The topological polar surface area (TPSA) is 66.4 Å². The van der Waals surface area contributed by atoms with Crippen LogP contribution in [0, 0.1) is 18.3 Å². The number of carboxylic acids is 1. The van der Waals surface area contributed by atoms with Crippen LogP contribution >= 0.6 is 0 Å². The summed E-state index contributed by atoms with van der Waals surface area (Å²) in [6.07, 6.45) is 5.20. The molecule has 0 saturated heterocycles. The van der Waals surface area contributed by atoms with Crippen LogP contribution in [0.4, 0.5) is 5.69 Å². The van der Waals surface area contributed by atoms with Gasteiger partial charge in [0.15, 0.2) is 0 Å². The number of amides is 1. The summed E-state index contributed by atoms with van der Waals surface area (Å²) >= 11 is 0. The monoisotopic (exact) mass is 217 g/mol. The van der Waals surface area contributed by atoms with Crippen LogP contribution in [0.3, 0.4) is 0 Å². The maximum absolute atomic E-state index is 11.4. The van der Waals surface area contributed by atoms with Gasteiger partial charge in [0.05, 0.1) is 0 Å². The van der Waals surface area contributed by atoms with Gasteiger partial charge >= 0.3 is 5.97 Å². The van der Waals surface area contributed by atoms with Gasteiger partial charge in [-0.05, 0) is 25.1 Å². The maximum Gasteiger partial charge on any atom is 0.315 e. The number of terminal acetylenes is 1. The third-order valence-electron chi connectivity index (χ3n) is 2.06. The molecule has 0 aliphatic heterocycles. The van der Waals surface area contributed by atoms with Crippen LogP contribution in [-0.4, -0.2) is 17.0 Å². The maximum atomic E-state index is 11.4. The van der Waals surface area contributed by atoms with Gasteiger partial charge in [0.2, 0.25) is 5.91 Å². The van der Waals surface area contributed by atoms with E-state index < -0.39 is 17.8 Å². The highest BCUT2D eigenvalue weighted by Gasteiger charge is 2.20. The molecule has 4 heteroatoms. The van der Waals surface area contributed by atoms with Crippen molar-refractivity contribution in [2.24, 2.45) is 5.92 Å². The molecule has 1 aromatic rings. The summed E-state index contributed by atoms with van der Waals surface area (Å²) in [6, 6.07) is 6.66. The van der Waals surface area contributed by atoms with Crippen molar-refractivity contribution in [3.05, 3.63) is 29.8 Å². The summed E-state index contributed by atoms with van der Waals surface area (Å²) < 4.78 is 0. The molecule has 1 aromatic carbocycles. The lowest BCUT2D eigenvalue weighted by molar-refractivity contribution is -0.144. The van der Waals surface area contributed by atoms with Crippen LogP contribution in [0.25, 0.3) is 0 Å². The van der Waals surface area contributed by atoms with Crippen LogP contribution in [0.5, 0.6) is 0 Å². The normalized spacial score (nSPS) is 11.2. The van der Waals surface area contributed by atoms with Gasteiger partial charge in [-0.1, -0.05) is 12.0 Å². The van der Waals surface area contributed by atoms with E-state index >= 15 is 0 Å². The first-order chi connectivity index (χ1) is 7.54. The van der Waals surface area contributed by atoms with Gasteiger partial charge in [-0.2, -0.15) is 0 Å². The second kappa shape index (κ2) is 4.99. The SMILES string of the molecule is C#Cc1cccc(NC(=O)C(C)C(=O)O)c1. The van der Waals surface area contributed by atoms with E-state index in [9.17, 15) is 9.59 Å². The molecule has 4 nitrogen and oxygen atoms in total. The Kier molecular flexibility index (Phi) is 3.67. The average Bonchev–Trinajstić information content (AvgIpc) is 2.28. The molecular weight excluding hydrogens is 206 g/mol. The Morgan fingerprint density at radius 2 is 2.19 bits per heavy atom. The van der Waals surface area contributed by atoms with E-state index in [2.05, 4.69) is 11.2 Å². The average molecular weight is 217 g/mol. The Labute approximate surface area is 93.3 Å². The lowest BCUT2D eigenvalue weighted by Crippen LogP contribution is -2.26.